The number of unbranched alkanes of at least 4 members (excludes halogenated alkanes) is 3. The first-order valence-electron chi connectivity index (χ1n) is 6.80. The normalized spacial score (nSPS) is 11.7. The molecule has 7 nitrogen and oxygen atoms in total. The number of amides is 1. The predicted octanol–water partition coefficient (Wildman–Crippen LogP) is 0.418. The molecule has 4 N–H and O–H groups in total. The number of carboxylic acid groups (broad SMARTS) is 1. The van der Waals surface area contributed by atoms with E-state index in [9.17, 15) is 14.4 Å². The lowest BCUT2D eigenvalue weighted by molar-refractivity contribution is -0.144. The third kappa shape index (κ3) is 9.32. The van der Waals surface area contributed by atoms with Crippen molar-refractivity contribution in [3.8, 4) is 0 Å². The van der Waals surface area contributed by atoms with Crippen LogP contribution in [0.5, 0.6) is 0 Å². The van der Waals surface area contributed by atoms with Gasteiger partial charge in [0.2, 0.25) is 5.91 Å². The first kappa shape index (κ1) is 18.4. The van der Waals surface area contributed by atoms with Gasteiger partial charge in [-0.3, -0.25) is 9.59 Å². The molecule has 7 heteroatoms. The van der Waals surface area contributed by atoms with Crippen LogP contribution in [0.25, 0.3) is 0 Å². The van der Waals surface area contributed by atoms with Gasteiger partial charge < -0.3 is 20.9 Å². The smallest absolute Gasteiger partial charge is 0.326 e. The zero-order valence-corrected chi connectivity index (χ0v) is 11.9. The van der Waals surface area contributed by atoms with E-state index in [-0.39, 0.29) is 25.2 Å². The molecule has 0 aromatic carbocycles. The van der Waals surface area contributed by atoms with Gasteiger partial charge in [0.25, 0.3) is 0 Å². The summed E-state index contributed by atoms with van der Waals surface area (Å²) >= 11 is 0. The summed E-state index contributed by atoms with van der Waals surface area (Å²) in [5, 5.41) is 11.4. The molecule has 116 valence electrons. The van der Waals surface area contributed by atoms with Crippen molar-refractivity contribution in [2.75, 3.05) is 13.7 Å². The molecule has 0 fully saturated rings. The second kappa shape index (κ2) is 11.2. The van der Waals surface area contributed by atoms with Crippen molar-refractivity contribution in [2.45, 2.75) is 51.0 Å². The van der Waals surface area contributed by atoms with Crippen LogP contribution in [0, 0.1) is 0 Å². The van der Waals surface area contributed by atoms with Gasteiger partial charge in [-0.15, -0.1) is 0 Å². The fraction of sp³-hybridized carbons (Fsp3) is 0.769. The highest BCUT2D eigenvalue weighted by molar-refractivity contribution is 5.83. The summed E-state index contributed by atoms with van der Waals surface area (Å²) in [5.74, 6) is -1.95. The highest BCUT2D eigenvalue weighted by atomic mass is 16.5. The number of hydrogen-bond acceptors (Lipinski definition) is 5. The Labute approximate surface area is 118 Å². The van der Waals surface area contributed by atoms with Gasteiger partial charge >= 0.3 is 11.9 Å². The van der Waals surface area contributed by atoms with Crippen molar-refractivity contribution >= 4 is 17.8 Å². The maximum Gasteiger partial charge on any atom is 0.326 e. The Hall–Kier alpha value is -1.63. The molecule has 0 saturated carbocycles. The Balaban J connectivity index is 3.96. The molecule has 0 aliphatic carbocycles. The number of aliphatic carboxylic acids is 1. The van der Waals surface area contributed by atoms with E-state index >= 15 is 0 Å². The summed E-state index contributed by atoms with van der Waals surface area (Å²) in [5.41, 5.74) is 5.36. The number of methoxy groups -OCH3 is 1. The Kier molecular flexibility index (Phi) is 10.3. The third-order valence-corrected chi connectivity index (χ3v) is 2.86. The number of carboxylic acids is 1. The number of rotatable bonds is 11. The number of ether oxygens (including phenoxy) is 1. The summed E-state index contributed by atoms with van der Waals surface area (Å²) in [6.07, 6.45) is 3.77. The number of carbonyl (C=O) groups is 3. The largest absolute Gasteiger partial charge is 0.480 e. The highest BCUT2D eigenvalue weighted by Gasteiger charge is 2.20. The van der Waals surface area contributed by atoms with E-state index in [1.807, 2.05) is 0 Å². The minimum Gasteiger partial charge on any atom is -0.480 e. The van der Waals surface area contributed by atoms with Crippen LogP contribution in [0.4, 0.5) is 0 Å². The van der Waals surface area contributed by atoms with E-state index in [0.29, 0.717) is 13.0 Å². The monoisotopic (exact) mass is 288 g/mol. The molecule has 0 rings (SSSR count). The predicted molar refractivity (Wildman–Crippen MR) is 73.0 cm³/mol. The maximum absolute atomic E-state index is 11.6. The Bertz CT molecular complexity index is 320. The van der Waals surface area contributed by atoms with Crippen molar-refractivity contribution in [3.05, 3.63) is 0 Å². The molecule has 0 aliphatic rings. The molecule has 1 amide bonds. The Morgan fingerprint density at radius 3 is 2.35 bits per heavy atom. The van der Waals surface area contributed by atoms with Crippen molar-refractivity contribution < 1.29 is 24.2 Å². The van der Waals surface area contributed by atoms with Crippen LogP contribution >= 0.6 is 0 Å². The lowest BCUT2D eigenvalue weighted by atomic mass is 10.1. The second-order valence-corrected chi connectivity index (χ2v) is 4.53. The molecule has 1 atom stereocenters. The van der Waals surface area contributed by atoms with E-state index in [4.69, 9.17) is 10.8 Å². The van der Waals surface area contributed by atoms with Crippen LogP contribution in [-0.2, 0) is 19.1 Å². The SMILES string of the molecule is COC(=O)CC[C@@H](NC(=O)CCCCCCN)C(=O)O. The van der Waals surface area contributed by atoms with Crippen molar-refractivity contribution in [1.82, 2.24) is 5.32 Å². The zero-order valence-electron chi connectivity index (χ0n) is 11.9. The number of carbonyl (C=O) groups excluding carboxylic acids is 2. The third-order valence-electron chi connectivity index (χ3n) is 2.86. The second-order valence-electron chi connectivity index (χ2n) is 4.53. The van der Waals surface area contributed by atoms with Gasteiger partial charge in [0.15, 0.2) is 0 Å². The number of esters is 1. The van der Waals surface area contributed by atoms with E-state index in [2.05, 4.69) is 10.1 Å². The average molecular weight is 288 g/mol. The molecule has 0 saturated heterocycles. The molecular weight excluding hydrogens is 264 g/mol. The zero-order chi connectivity index (χ0) is 15.4. The lowest BCUT2D eigenvalue weighted by Crippen LogP contribution is -2.41. The number of hydrogen-bond donors (Lipinski definition) is 3. The van der Waals surface area contributed by atoms with Gasteiger partial charge in [-0.2, -0.15) is 0 Å². The molecule has 20 heavy (non-hydrogen) atoms. The fourth-order valence-corrected chi connectivity index (χ4v) is 1.67. The first-order valence-corrected chi connectivity index (χ1v) is 6.80. The topological polar surface area (TPSA) is 119 Å². The van der Waals surface area contributed by atoms with Gasteiger partial charge in [-0.1, -0.05) is 12.8 Å². The average Bonchev–Trinajstić information content (AvgIpc) is 2.42. The van der Waals surface area contributed by atoms with Gasteiger partial charge in [0, 0.05) is 12.8 Å². The van der Waals surface area contributed by atoms with Crippen molar-refractivity contribution in [1.29, 1.82) is 0 Å². The first-order chi connectivity index (χ1) is 9.51. The summed E-state index contributed by atoms with van der Waals surface area (Å²) in [4.78, 5) is 33.5. The molecule has 0 bridgehead atoms. The Morgan fingerprint density at radius 1 is 1.15 bits per heavy atom. The van der Waals surface area contributed by atoms with E-state index < -0.39 is 18.0 Å². The molecule has 0 radical (unpaired) electrons. The highest BCUT2D eigenvalue weighted by Crippen LogP contribution is 2.04. The molecular formula is C13H24N2O5. The van der Waals surface area contributed by atoms with Gasteiger partial charge in [-0.05, 0) is 25.8 Å². The summed E-state index contributed by atoms with van der Waals surface area (Å²) in [6.45, 7) is 0.640. The van der Waals surface area contributed by atoms with E-state index in [1.165, 1.54) is 7.11 Å². The quantitative estimate of drug-likeness (QED) is 0.374. The fourth-order valence-electron chi connectivity index (χ4n) is 1.67. The molecule has 0 heterocycles. The van der Waals surface area contributed by atoms with Crippen LogP contribution in [0.3, 0.4) is 0 Å². The maximum atomic E-state index is 11.6. The van der Waals surface area contributed by atoms with E-state index in [0.717, 1.165) is 19.3 Å². The molecule has 0 unspecified atom stereocenters. The van der Waals surface area contributed by atoms with Crippen molar-refractivity contribution in [2.24, 2.45) is 5.73 Å². The summed E-state index contributed by atoms with van der Waals surface area (Å²) in [7, 11) is 1.23. The van der Waals surface area contributed by atoms with Crippen LogP contribution < -0.4 is 11.1 Å². The van der Waals surface area contributed by atoms with Gasteiger partial charge in [0.05, 0.1) is 7.11 Å². The van der Waals surface area contributed by atoms with Crippen molar-refractivity contribution in [3.63, 3.8) is 0 Å². The number of nitrogens with one attached hydrogen (secondary N) is 1. The molecule has 0 aromatic rings. The standard InChI is InChI=1S/C13H24N2O5/c1-20-12(17)8-7-10(13(18)19)15-11(16)6-4-2-3-5-9-14/h10H,2-9,14H2,1H3,(H,15,16)(H,18,19)/t10-/m1/s1. The number of nitrogens with two attached hydrogens (primary N) is 1. The van der Waals surface area contributed by atoms with Crippen LogP contribution in [0.2, 0.25) is 0 Å². The van der Waals surface area contributed by atoms with E-state index in [1.54, 1.807) is 0 Å². The molecule has 0 spiro atoms. The Morgan fingerprint density at radius 2 is 1.80 bits per heavy atom. The molecule has 0 aliphatic heterocycles. The molecule has 0 aromatic heterocycles. The minimum absolute atomic E-state index is 0.0287. The summed E-state index contributed by atoms with van der Waals surface area (Å²) in [6, 6.07) is -1.05. The van der Waals surface area contributed by atoms with Gasteiger partial charge in [0.1, 0.15) is 6.04 Å². The van der Waals surface area contributed by atoms with Gasteiger partial charge in [-0.25, -0.2) is 4.79 Å². The van der Waals surface area contributed by atoms with Crippen LogP contribution in [-0.4, -0.2) is 42.6 Å². The van der Waals surface area contributed by atoms with Crippen LogP contribution in [0.15, 0.2) is 0 Å². The summed E-state index contributed by atoms with van der Waals surface area (Å²) < 4.78 is 4.43. The lowest BCUT2D eigenvalue weighted by Gasteiger charge is -2.13. The van der Waals surface area contributed by atoms with Crippen LogP contribution in [0.1, 0.15) is 44.9 Å². The minimum atomic E-state index is -1.15.